The molecular formula is C14H22FNO2. The lowest BCUT2D eigenvalue weighted by atomic mass is 9.83. The van der Waals surface area contributed by atoms with Gasteiger partial charge in [-0.1, -0.05) is 20.8 Å². The third kappa shape index (κ3) is 3.68. The number of hydrogen-bond donors (Lipinski definition) is 2. The van der Waals surface area contributed by atoms with Gasteiger partial charge in [-0.05, 0) is 30.0 Å². The Morgan fingerprint density at radius 2 is 2.00 bits per heavy atom. The average Bonchev–Trinajstić information content (AvgIpc) is 2.28. The zero-order valence-corrected chi connectivity index (χ0v) is 11.4. The normalized spacial score (nSPS) is 15.3. The van der Waals surface area contributed by atoms with Crippen molar-refractivity contribution in [3.8, 4) is 5.75 Å². The van der Waals surface area contributed by atoms with Gasteiger partial charge in [-0.15, -0.1) is 0 Å². The van der Waals surface area contributed by atoms with E-state index in [0.29, 0.717) is 12.2 Å². The van der Waals surface area contributed by atoms with Gasteiger partial charge in [0.15, 0.2) is 0 Å². The van der Waals surface area contributed by atoms with Crippen LogP contribution in [0.25, 0.3) is 0 Å². The van der Waals surface area contributed by atoms with Gasteiger partial charge in [0.1, 0.15) is 11.6 Å². The van der Waals surface area contributed by atoms with Gasteiger partial charge in [0.25, 0.3) is 0 Å². The van der Waals surface area contributed by atoms with Gasteiger partial charge < -0.3 is 15.6 Å². The van der Waals surface area contributed by atoms with E-state index < -0.39 is 11.9 Å². The highest BCUT2D eigenvalue weighted by atomic mass is 19.1. The van der Waals surface area contributed by atoms with E-state index in [1.54, 1.807) is 0 Å². The van der Waals surface area contributed by atoms with E-state index in [0.717, 1.165) is 0 Å². The lowest BCUT2D eigenvalue weighted by molar-refractivity contribution is 0.129. The summed E-state index contributed by atoms with van der Waals surface area (Å²) < 4.78 is 18.7. The van der Waals surface area contributed by atoms with Crippen molar-refractivity contribution in [2.45, 2.75) is 39.3 Å². The molecule has 0 aliphatic heterocycles. The minimum Gasteiger partial charge on any atom is -0.497 e. The molecule has 0 radical (unpaired) electrons. The molecular weight excluding hydrogens is 233 g/mol. The molecule has 0 amide bonds. The number of halogens is 1. The maximum atomic E-state index is 13.6. The SMILES string of the molecule is COc1ccc(F)c([C@H](O)C[C@H](N)C(C)(C)C)c1. The number of ether oxygens (including phenoxy) is 1. The van der Waals surface area contributed by atoms with Crippen LogP contribution in [0.2, 0.25) is 0 Å². The molecule has 0 bridgehead atoms. The van der Waals surface area contributed by atoms with E-state index in [-0.39, 0.29) is 17.0 Å². The molecule has 1 aromatic carbocycles. The first-order chi connectivity index (χ1) is 8.25. The van der Waals surface area contributed by atoms with Gasteiger partial charge in [0.2, 0.25) is 0 Å². The zero-order chi connectivity index (χ0) is 13.9. The van der Waals surface area contributed by atoms with Crippen LogP contribution in [0.15, 0.2) is 18.2 Å². The van der Waals surface area contributed by atoms with Crippen LogP contribution in [0, 0.1) is 11.2 Å². The fraction of sp³-hybridized carbons (Fsp3) is 0.571. The summed E-state index contributed by atoms with van der Waals surface area (Å²) in [6.07, 6.45) is -0.609. The van der Waals surface area contributed by atoms with Crippen LogP contribution in [0.4, 0.5) is 4.39 Å². The molecule has 18 heavy (non-hydrogen) atoms. The zero-order valence-electron chi connectivity index (χ0n) is 11.4. The third-order valence-corrected chi connectivity index (χ3v) is 3.15. The van der Waals surface area contributed by atoms with Crippen LogP contribution in [0.1, 0.15) is 38.9 Å². The Morgan fingerprint density at radius 3 is 2.50 bits per heavy atom. The summed E-state index contributed by atoms with van der Waals surface area (Å²) in [5, 5.41) is 10.1. The number of hydrogen-bond acceptors (Lipinski definition) is 3. The van der Waals surface area contributed by atoms with Gasteiger partial charge >= 0.3 is 0 Å². The molecule has 0 unspecified atom stereocenters. The fourth-order valence-corrected chi connectivity index (χ4v) is 1.63. The monoisotopic (exact) mass is 255 g/mol. The minimum absolute atomic E-state index is 0.129. The molecule has 0 spiro atoms. The van der Waals surface area contributed by atoms with Crippen molar-refractivity contribution in [3.63, 3.8) is 0 Å². The molecule has 0 saturated carbocycles. The topological polar surface area (TPSA) is 55.5 Å². The van der Waals surface area contributed by atoms with E-state index >= 15 is 0 Å². The number of nitrogens with two attached hydrogens (primary N) is 1. The van der Waals surface area contributed by atoms with Crippen LogP contribution >= 0.6 is 0 Å². The summed E-state index contributed by atoms with van der Waals surface area (Å²) in [6.45, 7) is 5.98. The summed E-state index contributed by atoms with van der Waals surface area (Å²) in [5.41, 5.74) is 6.10. The van der Waals surface area contributed by atoms with Crippen molar-refractivity contribution in [1.29, 1.82) is 0 Å². The third-order valence-electron chi connectivity index (χ3n) is 3.15. The Hall–Kier alpha value is -1.13. The molecule has 0 aliphatic carbocycles. The highest BCUT2D eigenvalue weighted by Gasteiger charge is 2.25. The molecule has 0 aliphatic rings. The number of rotatable bonds is 4. The van der Waals surface area contributed by atoms with Gasteiger partial charge in [-0.3, -0.25) is 0 Å². The maximum absolute atomic E-state index is 13.6. The predicted molar refractivity (Wildman–Crippen MR) is 70.0 cm³/mol. The second-order valence-electron chi connectivity index (χ2n) is 5.61. The predicted octanol–water partition coefficient (Wildman–Crippen LogP) is 2.63. The van der Waals surface area contributed by atoms with Crippen LogP contribution in [-0.4, -0.2) is 18.3 Å². The van der Waals surface area contributed by atoms with E-state index in [2.05, 4.69) is 0 Å². The largest absolute Gasteiger partial charge is 0.497 e. The van der Waals surface area contributed by atoms with Gasteiger partial charge in [0, 0.05) is 11.6 Å². The molecule has 0 heterocycles. The van der Waals surface area contributed by atoms with Crippen molar-refractivity contribution in [2.75, 3.05) is 7.11 Å². The van der Waals surface area contributed by atoms with Gasteiger partial charge in [-0.2, -0.15) is 0 Å². The maximum Gasteiger partial charge on any atom is 0.129 e. The van der Waals surface area contributed by atoms with Crippen LogP contribution in [0.3, 0.4) is 0 Å². The van der Waals surface area contributed by atoms with Crippen molar-refractivity contribution in [2.24, 2.45) is 11.1 Å². The second kappa shape index (κ2) is 5.67. The van der Waals surface area contributed by atoms with Crippen molar-refractivity contribution >= 4 is 0 Å². The van der Waals surface area contributed by atoms with E-state index in [9.17, 15) is 9.50 Å². The van der Waals surface area contributed by atoms with Crippen molar-refractivity contribution in [1.82, 2.24) is 0 Å². The number of benzene rings is 1. The summed E-state index contributed by atoms with van der Waals surface area (Å²) >= 11 is 0. The lowest BCUT2D eigenvalue weighted by Crippen LogP contribution is -2.36. The summed E-state index contributed by atoms with van der Waals surface area (Å²) in [6, 6.07) is 4.11. The number of aliphatic hydroxyl groups excluding tert-OH is 1. The Kier molecular flexibility index (Phi) is 4.71. The Balaban J connectivity index is 2.87. The molecule has 1 aromatic rings. The molecule has 102 valence electrons. The van der Waals surface area contributed by atoms with Crippen LogP contribution in [-0.2, 0) is 0 Å². The lowest BCUT2D eigenvalue weighted by Gasteiger charge is -2.29. The van der Waals surface area contributed by atoms with E-state index in [4.69, 9.17) is 10.5 Å². The second-order valence-corrected chi connectivity index (χ2v) is 5.61. The molecule has 4 heteroatoms. The fourth-order valence-electron chi connectivity index (χ4n) is 1.63. The van der Waals surface area contributed by atoms with E-state index in [1.165, 1.54) is 25.3 Å². The molecule has 0 fully saturated rings. The smallest absolute Gasteiger partial charge is 0.129 e. The summed E-state index contributed by atoms with van der Waals surface area (Å²) in [5.74, 6) is 0.0826. The number of aliphatic hydroxyl groups is 1. The quantitative estimate of drug-likeness (QED) is 0.869. The number of methoxy groups -OCH3 is 1. The minimum atomic E-state index is -0.922. The Bertz CT molecular complexity index is 401. The standard InChI is InChI=1S/C14H22FNO2/c1-14(2,3)13(16)8-12(17)10-7-9(18-4)5-6-11(10)15/h5-7,12-13,17H,8,16H2,1-4H3/t12-,13+/m1/s1. The molecule has 0 aromatic heterocycles. The summed E-state index contributed by atoms with van der Waals surface area (Å²) in [7, 11) is 1.50. The first kappa shape index (κ1) is 14.9. The van der Waals surface area contributed by atoms with Crippen molar-refractivity contribution < 1.29 is 14.2 Å². The van der Waals surface area contributed by atoms with E-state index in [1.807, 2.05) is 20.8 Å². The first-order valence-electron chi connectivity index (χ1n) is 6.02. The highest BCUT2D eigenvalue weighted by Crippen LogP contribution is 2.29. The molecule has 2 atom stereocenters. The molecule has 1 rings (SSSR count). The molecule has 3 nitrogen and oxygen atoms in total. The van der Waals surface area contributed by atoms with Gasteiger partial charge in [0.05, 0.1) is 13.2 Å². The molecule has 3 N–H and O–H groups in total. The highest BCUT2D eigenvalue weighted by molar-refractivity contribution is 5.31. The Morgan fingerprint density at radius 1 is 1.39 bits per heavy atom. The van der Waals surface area contributed by atoms with Crippen molar-refractivity contribution in [3.05, 3.63) is 29.6 Å². The first-order valence-corrected chi connectivity index (χ1v) is 6.02. The Labute approximate surface area is 108 Å². The van der Waals surface area contributed by atoms with Gasteiger partial charge in [-0.25, -0.2) is 4.39 Å². The average molecular weight is 255 g/mol. The van der Waals surface area contributed by atoms with Crippen LogP contribution < -0.4 is 10.5 Å². The summed E-state index contributed by atoms with van der Waals surface area (Å²) in [4.78, 5) is 0. The molecule has 0 saturated heterocycles. The van der Waals surface area contributed by atoms with Crippen LogP contribution in [0.5, 0.6) is 5.75 Å².